The molecule has 0 saturated carbocycles. The van der Waals surface area contributed by atoms with Crippen molar-refractivity contribution in [3.05, 3.63) is 71.8 Å². The number of thioether (sulfide) groups is 1. The summed E-state index contributed by atoms with van der Waals surface area (Å²) < 4.78 is 10.9. The van der Waals surface area contributed by atoms with Gasteiger partial charge in [-0.15, -0.1) is 11.8 Å². The van der Waals surface area contributed by atoms with Crippen LogP contribution in [0.4, 0.5) is 4.79 Å². The number of aliphatic hydroxyl groups excluding tert-OH is 1. The molecule has 0 aliphatic carbocycles. The maximum absolute atomic E-state index is 13.2. The molecule has 0 spiro atoms. The molecule has 1 aromatic carbocycles. The number of hydrogen-bond donors (Lipinski definition) is 1. The van der Waals surface area contributed by atoms with E-state index in [2.05, 4.69) is 30.2 Å². The number of benzene rings is 1. The maximum atomic E-state index is 13.2. The van der Waals surface area contributed by atoms with E-state index in [1.54, 1.807) is 11.8 Å². The minimum atomic E-state index is -0.835. The molecular formula is C31H38N4O6S. The lowest BCUT2D eigenvalue weighted by atomic mass is 9.79. The summed E-state index contributed by atoms with van der Waals surface area (Å²) in [5.41, 5.74) is 1.39. The fourth-order valence-electron chi connectivity index (χ4n) is 6.37. The monoisotopic (exact) mass is 594 g/mol. The van der Waals surface area contributed by atoms with Crippen LogP contribution < -0.4 is 0 Å². The average molecular weight is 595 g/mol. The molecule has 1 aromatic rings. The Labute approximate surface area is 250 Å². The molecule has 0 radical (unpaired) electrons. The van der Waals surface area contributed by atoms with E-state index in [0.717, 1.165) is 22.8 Å². The molecule has 1 N–H and O–H groups in total. The largest absolute Gasteiger partial charge is 0.457 e. The van der Waals surface area contributed by atoms with Gasteiger partial charge in [-0.3, -0.25) is 14.7 Å². The Morgan fingerprint density at radius 1 is 1.19 bits per heavy atom. The van der Waals surface area contributed by atoms with Gasteiger partial charge in [0.15, 0.2) is 0 Å². The van der Waals surface area contributed by atoms with Crippen LogP contribution in [0.2, 0.25) is 0 Å². The summed E-state index contributed by atoms with van der Waals surface area (Å²) in [5, 5.41) is 10.2. The minimum absolute atomic E-state index is 0.0205. The van der Waals surface area contributed by atoms with Crippen molar-refractivity contribution in [2.24, 2.45) is 16.8 Å². The molecule has 2 amide bonds. The quantitative estimate of drug-likeness (QED) is 0.236. The molecule has 42 heavy (non-hydrogen) atoms. The smallest absolute Gasteiger partial charge is 0.410 e. The Morgan fingerprint density at radius 3 is 2.60 bits per heavy atom. The first-order chi connectivity index (χ1) is 20.3. The van der Waals surface area contributed by atoms with E-state index in [1.807, 2.05) is 25.1 Å². The third-order valence-corrected chi connectivity index (χ3v) is 9.73. The Morgan fingerprint density at radius 2 is 1.90 bits per heavy atom. The predicted octanol–water partition coefficient (Wildman–Crippen LogP) is 3.20. The lowest BCUT2D eigenvalue weighted by Crippen LogP contribution is -2.63. The summed E-state index contributed by atoms with van der Waals surface area (Å²) >= 11 is 1.50. The van der Waals surface area contributed by atoms with Gasteiger partial charge in [0.2, 0.25) is 5.91 Å². The summed E-state index contributed by atoms with van der Waals surface area (Å²) in [6, 6.07) is 9.53. The van der Waals surface area contributed by atoms with Crippen LogP contribution in [0.3, 0.4) is 0 Å². The number of hydrogen-bond acceptors (Lipinski definition) is 9. The van der Waals surface area contributed by atoms with Crippen LogP contribution in [0.25, 0.3) is 0 Å². The lowest BCUT2D eigenvalue weighted by Gasteiger charge is -2.46. The summed E-state index contributed by atoms with van der Waals surface area (Å²) in [4.78, 5) is 50.5. The number of carbonyl (C=O) groups excluding carboxylic acids is 3. The van der Waals surface area contributed by atoms with Gasteiger partial charge in [-0.2, -0.15) is 0 Å². The van der Waals surface area contributed by atoms with E-state index in [-0.39, 0.29) is 48.1 Å². The fourth-order valence-corrected chi connectivity index (χ4v) is 7.89. The molecule has 2 saturated heterocycles. The van der Waals surface area contributed by atoms with Gasteiger partial charge in [-0.05, 0) is 18.9 Å². The molecule has 10 nitrogen and oxygen atoms in total. The molecule has 4 heterocycles. The first kappa shape index (κ1) is 29.9. The summed E-state index contributed by atoms with van der Waals surface area (Å²) in [6.45, 7) is 13.4. The number of aliphatic imine (C=N–C) groups is 1. The number of likely N-dealkylation sites (tertiary alicyclic amines) is 1. The zero-order valence-corrected chi connectivity index (χ0v) is 24.9. The molecule has 11 heteroatoms. The van der Waals surface area contributed by atoms with Crippen molar-refractivity contribution in [3.8, 4) is 0 Å². The number of ether oxygens (including phenoxy) is 2. The van der Waals surface area contributed by atoms with Crippen molar-refractivity contribution in [1.82, 2.24) is 14.7 Å². The maximum Gasteiger partial charge on any atom is 0.410 e. The standard InChI is InChI=1S/C31H38N4O6S/c1-5-14-40-30(38)26-27(19(3)25-24(20(4)36)29(37)35(25)26)42-22-16-23(34(18-22)31(39)41-15-6-2)28-32-12-13-33(28)17-21-10-8-7-9-11-21/h5-11,19-20,22-25,36H,1-2,12-18H2,3-4H3. The summed E-state index contributed by atoms with van der Waals surface area (Å²) in [5.74, 6) is -0.780. The molecule has 6 unspecified atom stereocenters. The molecular weight excluding hydrogens is 556 g/mol. The van der Waals surface area contributed by atoms with Crippen molar-refractivity contribution in [2.45, 2.75) is 50.3 Å². The zero-order valence-electron chi connectivity index (χ0n) is 24.1. The van der Waals surface area contributed by atoms with Gasteiger partial charge in [-0.1, -0.05) is 62.6 Å². The second kappa shape index (κ2) is 12.7. The Bertz CT molecular complexity index is 1300. The molecule has 5 rings (SSSR count). The Kier molecular flexibility index (Phi) is 9.08. The van der Waals surface area contributed by atoms with Crippen LogP contribution in [0.1, 0.15) is 25.8 Å². The van der Waals surface area contributed by atoms with Gasteiger partial charge < -0.3 is 24.4 Å². The first-order valence-corrected chi connectivity index (χ1v) is 15.2. The van der Waals surface area contributed by atoms with E-state index >= 15 is 0 Å². The van der Waals surface area contributed by atoms with Gasteiger partial charge in [0.1, 0.15) is 24.7 Å². The number of rotatable bonds is 11. The number of nitrogens with zero attached hydrogens (tertiary/aromatic N) is 4. The first-order valence-electron chi connectivity index (χ1n) is 14.3. The molecule has 4 aliphatic heterocycles. The topological polar surface area (TPSA) is 112 Å². The predicted molar refractivity (Wildman–Crippen MR) is 160 cm³/mol. The van der Waals surface area contributed by atoms with Crippen LogP contribution >= 0.6 is 11.8 Å². The highest BCUT2D eigenvalue weighted by Crippen LogP contribution is 2.52. The van der Waals surface area contributed by atoms with Gasteiger partial charge in [0.25, 0.3) is 0 Å². The van der Waals surface area contributed by atoms with Crippen LogP contribution in [-0.4, -0.2) is 99.9 Å². The van der Waals surface area contributed by atoms with Crippen molar-refractivity contribution < 1.29 is 29.0 Å². The molecule has 6 atom stereocenters. The molecule has 224 valence electrons. The normalized spacial score (nSPS) is 27.4. The minimum Gasteiger partial charge on any atom is -0.457 e. The van der Waals surface area contributed by atoms with Crippen molar-refractivity contribution in [1.29, 1.82) is 0 Å². The Hall–Kier alpha value is -3.57. The van der Waals surface area contributed by atoms with Crippen LogP contribution in [-0.2, 0) is 25.6 Å². The lowest BCUT2D eigenvalue weighted by molar-refractivity contribution is -0.164. The molecule has 0 bridgehead atoms. The number of carbonyl (C=O) groups is 3. The van der Waals surface area contributed by atoms with Gasteiger partial charge in [0.05, 0.1) is 30.7 Å². The summed E-state index contributed by atoms with van der Waals surface area (Å²) in [6.07, 6.45) is 2.34. The molecule has 4 aliphatic rings. The molecule has 2 fully saturated rings. The van der Waals surface area contributed by atoms with Gasteiger partial charge >= 0.3 is 12.1 Å². The van der Waals surface area contributed by atoms with E-state index in [4.69, 9.17) is 14.5 Å². The number of fused-ring (bicyclic) bond motifs is 1. The second-order valence-corrected chi connectivity index (χ2v) is 12.4. The SMILES string of the molecule is C=CCOC(=O)C1=C(SC2CC(C3=NCCN3Cc3ccccc3)N(C(=O)OCC=C)C2)C(C)C2C(C(C)O)C(=O)N12. The highest BCUT2D eigenvalue weighted by Gasteiger charge is 2.60. The fraction of sp³-hybridized carbons (Fsp3) is 0.484. The van der Waals surface area contributed by atoms with Crippen LogP contribution in [0.5, 0.6) is 0 Å². The van der Waals surface area contributed by atoms with E-state index in [9.17, 15) is 19.5 Å². The third kappa shape index (κ3) is 5.59. The Balaban J connectivity index is 1.41. The van der Waals surface area contributed by atoms with E-state index < -0.39 is 24.1 Å². The number of amidine groups is 1. The summed E-state index contributed by atoms with van der Waals surface area (Å²) in [7, 11) is 0. The average Bonchev–Trinajstić information content (AvgIpc) is 3.66. The number of esters is 1. The van der Waals surface area contributed by atoms with E-state index in [0.29, 0.717) is 26.1 Å². The van der Waals surface area contributed by atoms with Crippen molar-refractivity contribution >= 4 is 35.6 Å². The van der Waals surface area contributed by atoms with Crippen LogP contribution in [0.15, 0.2) is 71.2 Å². The second-order valence-electron chi connectivity index (χ2n) is 11.0. The number of aliphatic hydroxyl groups is 1. The highest BCUT2D eigenvalue weighted by atomic mass is 32.2. The van der Waals surface area contributed by atoms with E-state index in [1.165, 1.54) is 28.8 Å². The number of amides is 2. The van der Waals surface area contributed by atoms with Gasteiger partial charge in [-0.25, -0.2) is 9.59 Å². The zero-order chi connectivity index (χ0) is 30.0. The third-order valence-electron chi connectivity index (χ3n) is 8.23. The number of β-lactam (4-membered cyclic amide) rings is 1. The van der Waals surface area contributed by atoms with Crippen molar-refractivity contribution in [3.63, 3.8) is 0 Å². The highest BCUT2D eigenvalue weighted by molar-refractivity contribution is 8.03. The van der Waals surface area contributed by atoms with Crippen LogP contribution in [0, 0.1) is 11.8 Å². The molecule has 0 aromatic heterocycles. The van der Waals surface area contributed by atoms with Crippen molar-refractivity contribution in [2.75, 3.05) is 32.8 Å². The van der Waals surface area contributed by atoms with Gasteiger partial charge in [0, 0.05) is 35.7 Å².